The zero-order valence-electron chi connectivity index (χ0n) is 10.1. The lowest BCUT2D eigenvalue weighted by Gasteiger charge is -1.95. The lowest BCUT2D eigenvalue weighted by atomic mass is 10.4. The number of fused-ring (bicyclic) bond motifs is 1. The molecule has 0 saturated carbocycles. The normalized spacial score (nSPS) is 11.2. The molecule has 0 aliphatic carbocycles. The standard InChI is InChI=1S/C13H14N4S/c1-2-14-7-10-9-18-13(15-10)11-8-17-6-4-3-5-12(17)16-11/h3-6,8-9,14H,2,7H2,1H3. The highest BCUT2D eigenvalue weighted by Gasteiger charge is 2.08. The quantitative estimate of drug-likeness (QED) is 0.782. The van der Waals surface area contributed by atoms with Gasteiger partial charge in [0.2, 0.25) is 0 Å². The van der Waals surface area contributed by atoms with Crippen LogP contribution >= 0.6 is 11.3 Å². The number of pyridine rings is 1. The van der Waals surface area contributed by atoms with Crippen molar-refractivity contribution < 1.29 is 0 Å². The second-order valence-corrected chi connectivity index (χ2v) is 4.87. The third-order valence-electron chi connectivity index (χ3n) is 2.69. The van der Waals surface area contributed by atoms with Gasteiger partial charge in [0.25, 0.3) is 0 Å². The summed E-state index contributed by atoms with van der Waals surface area (Å²) < 4.78 is 2.01. The summed E-state index contributed by atoms with van der Waals surface area (Å²) in [6.07, 6.45) is 4.02. The minimum atomic E-state index is 0.820. The summed E-state index contributed by atoms with van der Waals surface area (Å²) in [6.45, 7) is 3.87. The van der Waals surface area contributed by atoms with Gasteiger partial charge in [0.05, 0.1) is 5.69 Å². The van der Waals surface area contributed by atoms with Crippen molar-refractivity contribution in [2.45, 2.75) is 13.5 Å². The molecule has 18 heavy (non-hydrogen) atoms. The average Bonchev–Trinajstić information content (AvgIpc) is 3.02. The second kappa shape index (κ2) is 4.88. The summed E-state index contributed by atoms with van der Waals surface area (Å²) in [5, 5.41) is 6.34. The minimum absolute atomic E-state index is 0.820. The number of nitrogens with zero attached hydrogens (tertiary/aromatic N) is 3. The lowest BCUT2D eigenvalue weighted by Crippen LogP contribution is -2.11. The van der Waals surface area contributed by atoms with Gasteiger partial charge in [0.15, 0.2) is 0 Å². The third kappa shape index (κ3) is 2.14. The molecule has 0 bridgehead atoms. The van der Waals surface area contributed by atoms with Crippen molar-refractivity contribution in [1.82, 2.24) is 19.7 Å². The number of imidazole rings is 1. The van der Waals surface area contributed by atoms with Crippen LogP contribution in [0.1, 0.15) is 12.6 Å². The van der Waals surface area contributed by atoms with Crippen LogP contribution in [0.3, 0.4) is 0 Å². The Morgan fingerprint density at radius 3 is 3.11 bits per heavy atom. The molecule has 1 N–H and O–H groups in total. The molecule has 0 amide bonds. The highest BCUT2D eigenvalue weighted by atomic mass is 32.1. The van der Waals surface area contributed by atoms with Crippen molar-refractivity contribution in [1.29, 1.82) is 0 Å². The molecule has 0 saturated heterocycles. The van der Waals surface area contributed by atoms with Crippen molar-refractivity contribution in [2.75, 3.05) is 6.54 Å². The predicted octanol–water partition coefficient (Wildman–Crippen LogP) is 2.57. The number of rotatable bonds is 4. The molecule has 0 spiro atoms. The molecular formula is C13H14N4S. The second-order valence-electron chi connectivity index (χ2n) is 4.02. The Morgan fingerprint density at radius 1 is 1.33 bits per heavy atom. The van der Waals surface area contributed by atoms with Gasteiger partial charge in [-0.2, -0.15) is 0 Å². The van der Waals surface area contributed by atoms with Crippen LogP contribution < -0.4 is 5.32 Å². The Morgan fingerprint density at radius 2 is 2.28 bits per heavy atom. The largest absolute Gasteiger partial charge is 0.311 e. The fourth-order valence-corrected chi connectivity index (χ4v) is 2.57. The average molecular weight is 258 g/mol. The van der Waals surface area contributed by atoms with E-state index in [2.05, 4.69) is 27.6 Å². The van der Waals surface area contributed by atoms with Crippen molar-refractivity contribution in [2.24, 2.45) is 0 Å². The first kappa shape index (κ1) is 11.4. The van der Waals surface area contributed by atoms with Gasteiger partial charge in [0.1, 0.15) is 16.3 Å². The van der Waals surface area contributed by atoms with E-state index in [-0.39, 0.29) is 0 Å². The SMILES string of the molecule is CCNCc1csc(-c2cn3ccccc3n2)n1. The molecule has 3 rings (SSSR count). The number of aromatic nitrogens is 3. The highest BCUT2D eigenvalue weighted by Crippen LogP contribution is 2.23. The fraction of sp³-hybridized carbons (Fsp3) is 0.231. The van der Waals surface area contributed by atoms with Crippen molar-refractivity contribution in [3.05, 3.63) is 41.7 Å². The Balaban J connectivity index is 1.91. The topological polar surface area (TPSA) is 42.2 Å². The monoisotopic (exact) mass is 258 g/mol. The first-order valence-corrected chi connectivity index (χ1v) is 6.84. The van der Waals surface area contributed by atoms with Gasteiger partial charge in [-0.15, -0.1) is 11.3 Å². The van der Waals surface area contributed by atoms with E-state index in [1.807, 2.05) is 35.0 Å². The molecule has 3 heterocycles. The van der Waals surface area contributed by atoms with Gasteiger partial charge >= 0.3 is 0 Å². The molecule has 0 aliphatic rings. The van der Waals surface area contributed by atoms with Crippen LogP contribution in [-0.2, 0) is 6.54 Å². The summed E-state index contributed by atoms with van der Waals surface area (Å²) in [4.78, 5) is 9.16. The van der Waals surface area contributed by atoms with E-state index >= 15 is 0 Å². The molecule has 92 valence electrons. The van der Waals surface area contributed by atoms with Gasteiger partial charge < -0.3 is 9.72 Å². The molecule has 0 unspecified atom stereocenters. The maximum atomic E-state index is 4.59. The summed E-state index contributed by atoms with van der Waals surface area (Å²) in [5.41, 5.74) is 2.97. The Hall–Kier alpha value is -1.72. The molecule has 3 aromatic heterocycles. The van der Waals surface area contributed by atoms with Crippen LogP contribution in [0.15, 0.2) is 36.0 Å². The van der Waals surface area contributed by atoms with Crippen LogP contribution in [0, 0.1) is 0 Å². The summed E-state index contributed by atoms with van der Waals surface area (Å²) in [6, 6.07) is 5.98. The molecule has 0 atom stereocenters. The first-order valence-electron chi connectivity index (χ1n) is 5.96. The van der Waals surface area contributed by atoms with E-state index < -0.39 is 0 Å². The van der Waals surface area contributed by atoms with Gasteiger partial charge in [0, 0.05) is 24.3 Å². The van der Waals surface area contributed by atoms with Crippen LogP contribution in [0.2, 0.25) is 0 Å². The Labute approximate surface area is 109 Å². The number of thiazole rings is 1. The van der Waals surface area contributed by atoms with E-state index in [1.54, 1.807) is 11.3 Å². The van der Waals surface area contributed by atoms with E-state index in [0.717, 1.165) is 35.1 Å². The van der Waals surface area contributed by atoms with Crippen LogP contribution in [-0.4, -0.2) is 20.9 Å². The summed E-state index contributed by atoms with van der Waals surface area (Å²) in [5.74, 6) is 0. The number of nitrogens with one attached hydrogen (secondary N) is 1. The molecule has 5 heteroatoms. The van der Waals surface area contributed by atoms with Crippen LogP contribution in [0.25, 0.3) is 16.3 Å². The maximum absolute atomic E-state index is 4.59. The molecule has 0 radical (unpaired) electrons. The highest BCUT2D eigenvalue weighted by molar-refractivity contribution is 7.13. The van der Waals surface area contributed by atoms with E-state index in [4.69, 9.17) is 0 Å². The fourth-order valence-electron chi connectivity index (χ4n) is 1.80. The van der Waals surface area contributed by atoms with Gasteiger partial charge in [-0.25, -0.2) is 9.97 Å². The molecule has 0 aromatic carbocycles. The number of hydrogen-bond acceptors (Lipinski definition) is 4. The molecule has 0 fully saturated rings. The van der Waals surface area contributed by atoms with Gasteiger partial charge in [-0.05, 0) is 18.7 Å². The summed E-state index contributed by atoms with van der Waals surface area (Å²) in [7, 11) is 0. The van der Waals surface area contributed by atoms with Crippen LogP contribution in [0.5, 0.6) is 0 Å². The Bertz CT molecular complexity index is 623. The van der Waals surface area contributed by atoms with E-state index in [9.17, 15) is 0 Å². The Kier molecular flexibility index (Phi) is 3.08. The van der Waals surface area contributed by atoms with E-state index in [0.29, 0.717) is 0 Å². The van der Waals surface area contributed by atoms with Gasteiger partial charge in [-0.3, -0.25) is 0 Å². The molecular weight excluding hydrogens is 244 g/mol. The molecule has 0 aliphatic heterocycles. The van der Waals surface area contributed by atoms with Gasteiger partial charge in [-0.1, -0.05) is 13.0 Å². The first-order chi connectivity index (χ1) is 8.86. The van der Waals surface area contributed by atoms with Crippen molar-refractivity contribution >= 4 is 17.0 Å². The maximum Gasteiger partial charge on any atom is 0.143 e. The van der Waals surface area contributed by atoms with E-state index in [1.165, 1.54) is 0 Å². The minimum Gasteiger partial charge on any atom is -0.311 e. The summed E-state index contributed by atoms with van der Waals surface area (Å²) >= 11 is 1.64. The third-order valence-corrected chi connectivity index (χ3v) is 3.60. The van der Waals surface area contributed by atoms with Crippen molar-refractivity contribution in [3.8, 4) is 10.7 Å². The zero-order chi connectivity index (χ0) is 12.4. The number of hydrogen-bond donors (Lipinski definition) is 1. The molecule has 4 nitrogen and oxygen atoms in total. The van der Waals surface area contributed by atoms with Crippen LogP contribution in [0.4, 0.5) is 0 Å². The predicted molar refractivity (Wildman–Crippen MR) is 73.7 cm³/mol. The lowest BCUT2D eigenvalue weighted by molar-refractivity contribution is 0.715. The smallest absolute Gasteiger partial charge is 0.143 e. The zero-order valence-corrected chi connectivity index (χ0v) is 10.9. The molecule has 3 aromatic rings. The van der Waals surface area contributed by atoms with Crippen molar-refractivity contribution in [3.63, 3.8) is 0 Å².